The molecule has 1 atom stereocenters. The third kappa shape index (κ3) is 3.02. The van der Waals surface area contributed by atoms with Crippen LogP contribution in [0.4, 0.5) is 0 Å². The van der Waals surface area contributed by atoms with Crippen molar-refractivity contribution in [2.24, 2.45) is 5.73 Å². The van der Waals surface area contributed by atoms with Crippen LogP contribution in [0.5, 0.6) is 0 Å². The van der Waals surface area contributed by atoms with Crippen molar-refractivity contribution in [2.45, 2.75) is 45.6 Å². The van der Waals surface area contributed by atoms with Gasteiger partial charge < -0.3 is 10.8 Å². The summed E-state index contributed by atoms with van der Waals surface area (Å²) in [7, 11) is 0. The van der Waals surface area contributed by atoms with Crippen LogP contribution in [0.1, 0.15) is 36.3 Å². The first kappa shape index (κ1) is 13.1. The van der Waals surface area contributed by atoms with Crippen LogP contribution in [-0.2, 0) is 16.6 Å². The summed E-state index contributed by atoms with van der Waals surface area (Å²) in [6, 6.07) is -0.863. The van der Waals surface area contributed by atoms with E-state index in [-0.39, 0.29) is 5.41 Å². The zero-order valence-electron chi connectivity index (χ0n) is 10.1. The van der Waals surface area contributed by atoms with Crippen molar-refractivity contribution in [2.75, 3.05) is 0 Å². The Morgan fingerprint density at radius 1 is 1.56 bits per heavy atom. The van der Waals surface area contributed by atoms with Gasteiger partial charge in [-0.1, -0.05) is 20.8 Å². The summed E-state index contributed by atoms with van der Waals surface area (Å²) >= 11 is 1.53. The molecule has 16 heavy (non-hydrogen) atoms. The quantitative estimate of drug-likeness (QED) is 0.846. The van der Waals surface area contributed by atoms with Crippen LogP contribution in [0.25, 0.3) is 0 Å². The summed E-state index contributed by atoms with van der Waals surface area (Å²) < 4.78 is 0. The van der Waals surface area contributed by atoms with E-state index < -0.39 is 12.0 Å². The summed E-state index contributed by atoms with van der Waals surface area (Å²) in [5.74, 6) is -0.981. The van der Waals surface area contributed by atoms with Crippen LogP contribution in [-0.4, -0.2) is 22.1 Å². The van der Waals surface area contributed by atoms with E-state index in [0.29, 0.717) is 6.42 Å². The molecule has 0 saturated heterocycles. The third-order valence-electron chi connectivity index (χ3n) is 2.26. The molecular formula is C11H18N2O2S. The lowest BCUT2D eigenvalue weighted by atomic mass is 9.91. The van der Waals surface area contributed by atoms with Crippen molar-refractivity contribution >= 4 is 17.3 Å². The molecule has 0 spiro atoms. The average molecular weight is 242 g/mol. The minimum atomic E-state index is -0.981. The number of carboxylic acid groups (broad SMARTS) is 1. The Labute approximate surface area is 99.5 Å². The second-order valence-corrected chi connectivity index (χ2v) is 6.20. The Bertz CT molecular complexity index is 393. The molecule has 0 bridgehead atoms. The summed E-state index contributed by atoms with van der Waals surface area (Å²) in [4.78, 5) is 16.3. The Morgan fingerprint density at radius 2 is 2.12 bits per heavy atom. The van der Waals surface area contributed by atoms with Gasteiger partial charge in [-0.25, -0.2) is 4.98 Å². The highest BCUT2D eigenvalue weighted by atomic mass is 32.1. The maximum Gasteiger partial charge on any atom is 0.320 e. The molecule has 0 amide bonds. The highest BCUT2D eigenvalue weighted by Crippen LogP contribution is 2.29. The number of carboxylic acids is 1. The van der Waals surface area contributed by atoms with E-state index in [1.165, 1.54) is 11.3 Å². The van der Waals surface area contributed by atoms with Gasteiger partial charge in [0.1, 0.15) is 6.04 Å². The number of aromatic nitrogens is 1. The monoisotopic (exact) mass is 242 g/mol. The normalized spacial score (nSPS) is 13.8. The van der Waals surface area contributed by atoms with Gasteiger partial charge in [-0.05, 0) is 6.92 Å². The fraction of sp³-hybridized carbons (Fsp3) is 0.636. The predicted octanol–water partition coefficient (Wildman–Crippen LogP) is 1.70. The SMILES string of the molecule is Cc1sc(CC(N)C(=O)O)nc1C(C)(C)C. The van der Waals surface area contributed by atoms with E-state index in [2.05, 4.69) is 25.8 Å². The number of hydrogen-bond donors (Lipinski definition) is 2. The van der Waals surface area contributed by atoms with Crippen molar-refractivity contribution in [3.63, 3.8) is 0 Å². The van der Waals surface area contributed by atoms with Gasteiger partial charge in [-0.15, -0.1) is 11.3 Å². The van der Waals surface area contributed by atoms with Crippen LogP contribution >= 0.6 is 11.3 Å². The van der Waals surface area contributed by atoms with Gasteiger partial charge in [0.2, 0.25) is 0 Å². The fourth-order valence-corrected chi connectivity index (χ4v) is 2.71. The smallest absolute Gasteiger partial charge is 0.320 e. The molecule has 0 radical (unpaired) electrons. The van der Waals surface area contributed by atoms with Gasteiger partial charge in [0.15, 0.2) is 0 Å². The second-order valence-electron chi connectivity index (χ2n) is 4.91. The molecule has 4 nitrogen and oxygen atoms in total. The van der Waals surface area contributed by atoms with Crippen LogP contribution in [0.2, 0.25) is 0 Å². The number of nitrogens with two attached hydrogens (primary N) is 1. The summed E-state index contributed by atoms with van der Waals surface area (Å²) in [5.41, 5.74) is 6.51. The minimum absolute atomic E-state index is 0.00779. The first-order valence-electron chi connectivity index (χ1n) is 5.17. The molecule has 0 aliphatic carbocycles. The van der Waals surface area contributed by atoms with E-state index in [0.717, 1.165) is 15.6 Å². The molecule has 0 aliphatic heterocycles. The molecule has 0 aromatic carbocycles. The molecule has 1 rings (SSSR count). The Kier molecular flexibility index (Phi) is 3.70. The van der Waals surface area contributed by atoms with E-state index >= 15 is 0 Å². The largest absolute Gasteiger partial charge is 0.480 e. The zero-order chi connectivity index (χ0) is 12.5. The van der Waals surface area contributed by atoms with E-state index in [1.807, 2.05) is 6.92 Å². The van der Waals surface area contributed by atoms with Crippen LogP contribution in [0.3, 0.4) is 0 Å². The van der Waals surface area contributed by atoms with Gasteiger partial charge in [-0.2, -0.15) is 0 Å². The summed E-state index contributed by atoms with van der Waals surface area (Å²) in [6.07, 6.45) is 0.302. The van der Waals surface area contributed by atoms with Gasteiger partial charge in [-0.3, -0.25) is 4.79 Å². The van der Waals surface area contributed by atoms with Crippen molar-refractivity contribution in [1.29, 1.82) is 0 Å². The molecule has 1 aromatic heterocycles. The van der Waals surface area contributed by atoms with Gasteiger partial charge in [0.05, 0.1) is 10.7 Å². The highest BCUT2D eigenvalue weighted by molar-refractivity contribution is 7.11. The minimum Gasteiger partial charge on any atom is -0.480 e. The standard InChI is InChI=1S/C11H18N2O2S/c1-6-9(11(2,3)4)13-8(16-6)5-7(12)10(14)15/h7H,5,12H2,1-4H3,(H,14,15). The lowest BCUT2D eigenvalue weighted by Crippen LogP contribution is -2.32. The van der Waals surface area contributed by atoms with Crippen LogP contribution in [0.15, 0.2) is 0 Å². The lowest BCUT2D eigenvalue weighted by Gasteiger charge is -2.16. The molecule has 0 fully saturated rings. The third-order valence-corrected chi connectivity index (χ3v) is 3.26. The second kappa shape index (κ2) is 4.51. The van der Waals surface area contributed by atoms with Gasteiger partial charge in [0.25, 0.3) is 0 Å². The van der Waals surface area contributed by atoms with Gasteiger partial charge >= 0.3 is 5.97 Å². The van der Waals surface area contributed by atoms with E-state index in [1.54, 1.807) is 0 Å². The van der Waals surface area contributed by atoms with Crippen LogP contribution in [0, 0.1) is 6.92 Å². The Balaban J connectivity index is 2.90. The number of rotatable bonds is 3. The number of hydrogen-bond acceptors (Lipinski definition) is 4. The molecule has 90 valence electrons. The number of carbonyl (C=O) groups is 1. The molecule has 0 aliphatic rings. The molecule has 5 heteroatoms. The molecular weight excluding hydrogens is 224 g/mol. The zero-order valence-corrected chi connectivity index (χ0v) is 10.9. The first-order chi connectivity index (χ1) is 7.21. The van der Waals surface area contributed by atoms with Crippen molar-refractivity contribution in [3.8, 4) is 0 Å². The topological polar surface area (TPSA) is 76.2 Å². The summed E-state index contributed by atoms with van der Waals surface area (Å²) in [5, 5.41) is 9.53. The lowest BCUT2D eigenvalue weighted by molar-refractivity contribution is -0.138. The Morgan fingerprint density at radius 3 is 2.50 bits per heavy atom. The first-order valence-corrected chi connectivity index (χ1v) is 5.98. The van der Waals surface area contributed by atoms with Crippen molar-refractivity contribution in [1.82, 2.24) is 4.98 Å². The van der Waals surface area contributed by atoms with Crippen LogP contribution < -0.4 is 5.73 Å². The number of nitrogens with zero attached hydrogens (tertiary/aromatic N) is 1. The van der Waals surface area contributed by atoms with Crippen molar-refractivity contribution in [3.05, 3.63) is 15.6 Å². The molecule has 1 unspecified atom stereocenters. The maximum absolute atomic E-state index is 10.6. The molecule has 0 saturated carbocycles. The maximum atomic E-state index is 10.6. The molecule has 3 N–H and O–H groups in total. The highest BCUT2D eigenvalue weighted by Gasteiger charge is 2.22. The predicted molar refractivity (Wildman–Crippen MR) is 64.9 cm³/mol. The molecule has 1 heterocycles. The number of aliphatic carboxylic acids is 1. The molecule has 1 aromatic rings. The van der Waals surface area contributed by atoms with Gasteiger partial charge in [0, 0.05) is 16.7 Å². The number of thiazole rings is 1. The van der Waals surface area contributed by atoms with Crippen molar-refractivity contribution < 1.29 is 9.90 Å². The average Bonchev–Trinajstić information content (AvgIpc) is 2.45. The Hall–Kier alpha value is -0.940. The summed E-state index contributed by atoms with van der Waals surface area (Å²) in [6.45, 7) is 8.29. The van der Waals surface area contributed by atoms with E-state index in [9.17, 15) is 4.79 Å². The fourth-order valence-electron chi connectivity index (χ4n) is 1.51. The number of aryl methyl sites for hydroxylation is 1. The van der Waals surface area contributed by atoms with E-state index in [4.69, 9.17) is 10.8 Å².